The molecule has 0 N–H and O–H groups in total. The molecule has 0 rings (SSSR count). The van der Waals surface area contributed by atoms with Crippen LogP contribution in [0.3, 0.4) is 0 Å². The van der Waals surface area contributed by atoms with E-state index in [9.17, 15) is 66.7 Å². The normalized spacial score (nSPS) is 13.3. The first-order valence-corrected chi connectivity index (χ1v) is 31.1. The Bertz CT molecular complexity index is 1730. The highest BCUT2D eigenvalue weighted by Gasteiger charge is 2.90. The monoisotopic (exact) mass is 1430 g/mol. The first kappa shape index (κ1) is 94.3. The number of hydrogen-bond donors (Lipinski definition) is 0. The van der Waals surface area contributed by atoms with E-state index in [-0.39, 0.29) is 24.9 Å². The second-order valence-electron chi connectivity index (χ2n) is 19.5. The van der Waals surface area contributed by atoms with Gasteiger partial charge >= 0.3 is 47.7 Å². The van der Waals surface area contributed by atoms with Gasteiger partial charge in [-0.1, -0.05) is 27.7 Å². The maximum Gasteiger partial charge on any atom is 0.460 e. The van der Waals surface area contributed by atoms with Crippen LogP contribution in [0.15, 0.2) is 0 Å². The first-order chi connectivity index (χ1) is 45.3. The molecule has 0 radical (unpaired) electrons. The van der Waals surface area contributed by atoms with Crippen molar-refractivity contribution in [3.05, 3.63) is 0 Å². The van der Waals surface area contributed by atoms with E-state index in [1.54, 1.807) is 7.11 Å². The van der Waals surface area contributed by atoms with Gasteiger partial charge in [0.1, 0.15) is 6.61 Å². The number of methoxy groups -OCH3 is 1. The molecule has 95 heavy (non-hydrogen) atoms. The summed E-state index contributed by atoms with van der Waals surface area (Å²) in [7, 11) is 1.64. The predicted octanol–water partition coefficient (Wildman–Crippen LogP) is 6.85. The van der Waals surface area contributed by atoms with Crippen LogP contribution in [0.1, 0.15) is 40.5 Å². The Balaban J connectivity index is 0. The Morgan fingerprint density at radius 1 is 0.253 bits per heavy atom. The Morgan fingerprint density at radius 2 is 0.421 bits per heavy atom. The minimum Gasteiger partial charge on any atom is -0.463 e. The molecule has 0 bridgehead atoms. The molecule has 0 fully saturated rings. The summed E-state index contributed by atoms with van der Waals surface area (Å²) in [5.41, 5.74) is 0. The predicted molar refractivity (Wildman–Crippen MR) is 309 cm³/mol. The van der Waals surface area contributed by atoms with Gasteiger partial charge in [0.05, 0.1) is 270 Å². The standard InChI is InChI=1S/C46H92O22.C12H11F13O2/c1-4-45(2)46(47)68-44-43-67-42-41-66-40-39-65-38-37-64-36-35-63-34-33-62-32-31-61-30-29-60-28-27-59-26-25-58-24-23-57-22-21-56-20-19-55-18-17-54-16-15-53-14-13-52-12-11-51-10-9-50-8-7-49-6-5-48-3;1-3-5(2)6(26)27-4-7(13,14)8(15,16)9(17,18)10(19,20)11(21,22)12(23,24)25/h45H,4-44H2,1-3H3;5H,3-4H2,1-2H3. The molecule has 0 saturated heterocycles. The fourth-order valence-corrected chi connectivity index (χ4v) is 6.08. The van der Waals surface area contributed by atoms with E-state index in [0.717, 1.165) is 13.3 Å². The number of carbonyl (C=O) groups is 2. The summed E-state index contributed by atoms with van der Waals surface area (Å²) in [5.74, 6) is -40.6. The highest BCUT2D eigenvalue weighted by atomic mass is 19.4. The maximum atomic E-state index is 13.3. The molecule has 24 nitrogen and oxygen atoms in total. The van der Waals surface area contributed by atoms with Crippen LogP contribution in [-0.2, 0) is 114 Å². The number of halogens is 13. The van der Waals surface area contributed by atoms with Crippen molar-refractivity contribution < 1.29 is 171 Å². The van der Waals surface area contributed by atoms with Gasteiger partial charge in [-0.2, -0.15) is 57.1 Å². The van der Waals surface area contributed by atoms with Crippen molar-refractivity contribution in [2.45, 2.75) is 76.3 Å². The lowest BCUT2D eigenvalue weighted by Crippen LogP contribution is -2.70. The molecule has 0 aliphatic heterocycles. The molecular weight excluding hydrogens is 1330 g/mol. The van der Waals surface area contributed by atoms with E-state index in [1.165, 1.54) is 6.92 Å². The fraction of sp³-hybridized carbons (Fsp3) is 0.966. The smallest absolute Gasteiger partial charge is 0.460 e. The minimum atomic E-state index is -7.97. The third-order valence-electron chi connectivity index (χ3n) is 12.0. The summed E-state index contributed by atoms with van der Waals surface area (Å²) in [4.78, 5) is 22.6. The molecule has 0 aromatic rings. The van der Waals surface area contributed by atoms with Crippen LogP contribution in [0.25, 0.3) is 0 Å². The summed E-state index contributed by atoms with van der Waals surface area (Å²) in [6.45, 7) is 22.7. The molecule has 0 aliphatic rings. The van der Waals surface area contributed by atoms with Crippen LogP contribution in [0, 0.1) is 11.8 Å². The van der Waals surface area contributed by atoms with Crippen molar-refractivity contribution in [3.8, 4) is 0 Å². The number of hydrogen-bond acceptors (Lipinski definition) is 24. The molecule has 0 aliphatic carbocycles. The number of rotatable bonds is 70. The molecule has 2 unspecified atom stereocenters. The summed E-state index contributed by atoms with van der Waals surface area (Å²) in [6.07, 6.45) is -6.80. The third kappa shape index (κ3) is 48.6. The highest BCUT2D eigenvalue weighted by molar-refractivity contribution is 5.72. The van der Waals surface area contributed by atoms with Crippen LogP contribution in [-0.4, -0.2) is 326 Å². The molecule has 0 heterocycles. The summed E-state index contributed by atoms with van der Waals surface area (Å²) in [5, 5.41) is 0. The SMILES string of the molecule is CCC(C)C(=O)OCC(F)(F)C(F)(F)C(F)(F)C(F)(F)C(F)(F)C(F)(F)F.CCC(C)C(=O)OCCOCCOCCOCCOCCOCCOCCOCCOCCOCCOCCOCCOCCOCCOCCOCCOCCOCCOCCOCCOC. The van der Waals surface area contributed by atoms with Gasteiger partial charge in [-0.3, -0.25) is 9.59 Å². The topological polar surface area (TPSA) is 237 Å². The number of carbonyl (C=O) groups excluding carboxylic acids is 2. The van der Waals surface area contributed by atoms with Crippen LogP contribution < -0.4 is 0 Å². The van der Waals surface area contributed by atoms with Gasteiger partial charge in [0.25, 0.3) is 0 Å². The average molecular weight is 1430 g/mol. The lowest BCUT2D eigenvalue weighted by atomic mass is 9.94. The van der Waals surface area contributed by atoms with Gasteiger partial charge in [0.2, 0.25) is 0 Å². The Morgan fingerprint density at radius 3 is 0.600 bits per heavy atom. The van der Waals surface area contributed by atoms with Crippen molar-refractivity contribution >= 4 is 11.9 Å². The second kappa shape index (κ2) is 61.1. The average Bonchev–Trinajstić information content (AvgIpc) is 0.715. The lowest BCUT2D eigenvalue weighted by molar-refractivity contribution is -0.441. The van der Waals surface area contributed by atoms with Gasteiger partial charge in [-0.25, -0.2) is 0 Å². The third-order valence-corrected chi connectivity index (χ3v) is 12.0. The molecule has 0 spiro atoms. The van der Waals surface area contributed by atoms with E-state index in [1.807, 2.05) is 13.8 Å². The Kier molecular flexibility index (Phi) is 60.7. The fourth-order valence-electron chi connectivity index (χ4n) is 6.08. The zero-order chi connectivity index (χ0) is 71.3. The number of ether oxygens (including phenoxy) is 22. The van der Waals surface area contributed by atoms with E-state index in [0.29, 0.717) is 258 Å². The van der Waals surface area contributed by atoms with Gasteiger partial charge in [0, 0.05) is 7.11 Å². The largest absolute Gasteiger partial charge is 0.463 e. The highest BCUT2D eigenvalue weighted by Crippen LogP contribution is 2.60. The van der Waals surface area contributed by atoms with Gasteiger partial charge in [0.15, 0.2) is 6.61 Å². The summed E-state index contributed by atoms with van der Waals surface area (Å²) >= 11 is 0. The number of esters is 2. The molecule has 0 aromatic heterocycles. The van der Waals surface area contributed by atoms with Crippen molar-refractivity contribution in [3.63, 3.8) is 0 Å². The van der Waals surface area contributed by atoms with Crippen molar-refractivity contribution in [2.24, 2.45) is 11.8 Å². The van der Waals surface area contributed by atoms with E-state index in [2.05, 4.69) is 4.74 Å². The first-order valence-electron chi connectivity index (χ1n) is 31.1. The van der Waals surface area contributed by atoms with Gasteiger partial charge in [-0.15, -0.1) is 0 Å². The molecular formula is C58H103F13O24. The van der Waals surface area contributed by atoms with E-state index in [4.69, 9.17) is 99.5 Å². The molecule has 37 heteroatoms. The van der Waals surface area contributed by atoms with Crippen molar-refractivity contribution in [1.82, 2.24) is 0 Å². The van der Waals surface area contributed by atoms with Crippen LogP contribution in [0.5, 0.6) is 0 Å². The van der Waals surface area contributed by atoms with Crippen molar-refractivity contribution in [1.29, 1.82) is 0 Å². The van der Waals surface area contributed by atoms with E-state index >= 15 is 0 Å². The Labute approximate surface area is 548 Å². The summed E-state index contributed by atoms with van der Waals surface area (Å²) < 4.78 is 283. The summed E-state index contributed by atoms with van der Waals surface area (Å²) in [6, 6.07) is 0. The van der Waals surface area contributed by atoms with E-state index < -0.39 is 54.3 Å². The lowest BCUT2D eigenvalue weighted by Gasteiger charge is -2.39. The number of alkyl halides is 13. The molecule has 2 atom stereocenters. The van der Waals surface area contributed by atoms with Gasteiger partial charge < -0.3 is 104 Å². The van der Waals surface area contributed by atoms with Crippen LogP contribution in [0.4, 0.5) is 57.1 Å². The Hall–Kier alpha value is -2.77. The molecule has 0 aromatic carbocycles. The second-order valence-corrected chi connectivity index (χ2v) is 19.5. The maximum absolute atomic E-state index is 13.3. The molecule has 570 valence electrons. The van der Waals surface area contributed by atoms with Crippen LogP contribution in [0.2, 0.25) is 0 Å². The van der Waals surface area contributed by atoms with Crippen LogP contribution >= 0.6 is 0 Å². The van der Waals surface area contributed by atoms with Gasteiger partial charge in [-0.05, 0) is 12.8 Å². The zero-order valence-electron chi connectivity index (χ0n) is 55.3. The zero-order valence-corrected chi connectivity index (χ0v) is 55.3. The quantitative estimate of drug-likeness (QED) is 0.0344. The molecule has 0 saturated carbocycles. The molecule has 0 amide bonds. The van der Waals surface area contributed by atoms with Crippen molar-refractivity contribution in [2.75, 3.05) is 278 Å². The minimum absolute atomic E-state index is 0.0806.